The van der Waals surface area contributed by atoms with Gasteiger partial charge in [-0.2, -0.15) is 0 Å². The Morgan fingerprint density at radius 2 is 2.05 bits per heavy atom. The summed E-state index contributed by atoms with van der Waals surface area (Å²) in [5.41, 5.74) is 0.165. The maximum Gasteiger partial charge on any atom is 0.140 e. The van der Waals surface area contributed by atoms with E-state index >= 15 is 0 Å². The van der Waals surface area contributed by atoms with Crippen molar-refractivity contribution >= 4 is 0 Å². The van der Waals surface area contributed by atoms with Crippen LogP contribution in [0.1, 0.15) is 31.2 Å². The molecule has 102 valence electrons. The third-order valence-electron chi connectivity index (χ3n) is 3.87. The molecule has 1 saturated carbocycles. The zero-order chi connectivity index (χ0) is 13.7. The average molecular weight is 259 g/mol. The minimum Gasteiger partial charge on any atom is -0.508 e. The molecule has 3 heteroatoms. The van der Waals surface area contributed by atoms with Crippen LogP contribution >= 0.6 is 0 Å². The summed E-state index contributed by atoms with van der Waals surface area (Å²) in [6.45, 7) is 0.777. The summed E-state index contributed by atoms with van der Waals surface area (Å²) < 4.78 is 0. The third kappa shape index (κ3) is 3.50. The largest absolute Gasteiger partial charge is 0.508 e. The monoisotopic (exact) mass is 259 g/mol. The fourth-order valence-electron chi connectivity index (χ4n) is 2.65. The van der Waals surface area contributed by atoms with Crippen LogP contribution in [0.3, 0.4) is 0 Å². The van der Waals surface area contributed by atoms with Crippen molar-refractivity contribution in [2.45, 2.75) is 43.7 Å². The summed E-state index contributed by atoms with van der Waals surface area (Å²) in [7, 11) is 0. The lowest BCUT2D eigenvalue weighted by molar-refractivity contribution is 0.0265. The number of phenols is 1. The zero-order valence-electron chi connectivity index (χ0n) is 11.1. The second-order valence-electron chi connectivity index (χ2n) is 5.24. The summed E-state index contributed by atoms with van der Waals surface area (Å²) in [5.74, 6) is 2.83. The molecule has 1 aromatic carbocycles. The maximum atomic E-state index is 10.3. The van der Waals surface area contributed by atoms with E-state index < -0.39 is 5.60 Å². The van der Waals surface area contributed by atoms with Crippen LogP contribution in [0.4, 0.5) is 0 Å². The first kappa shape index (κ1) is 13.9. The Hall–Kier alpha value is -1.50. The highest BCUT2D eigenvalue weighted by Gasteiger charge is 2.36. The normalized spacial score (nSPS) is 26.8. The zero-order valence-corrected chi connectivity index (χ0v) is 11.1. The van der Waals surface area contributed by atoms with E-state index in [-0.39, 0.29) is 11.8 Å². The molecule has 1 fully saturated rings. The number of terminal acetylenes is 1. The molecule has 2 rings (SSSR count). The highest BCUT2D eigenvalue weighted by Crippen LogP contribution is 2.27. The molecule has 19 heavy (non-hydrogen) atoms. The molecule has 0 unspecified atom stereocenters. The fourth-order valence-corrected chi connectivity index (χ4v) is 2.65. The molecular weight excluding hydrogens is 238 g/mol. The number of nitrogens with one attached hydrogen (secondary N) is 1. The van der Waals surface area contributed by atoms with Gasteiger partial charge in [0.25, 0.3) is 0 Å². The van der Waals surface area contributed by atoms with Crippen LogP contribution < -0.4 is 5.32 Å². The molecule has 0 spiro atoms. The number of aliphatic hydroxyl groups is 1. The fraction of sp³-hybridized carbons (Fsp3) is 0.500. The van der Waals surface area contributed by atoms with Crippen molar-refractivity contribution in [1.82, 2.24) is 5.32 Å². The Kier molecular flexibility index (Phi) is 4.47. The topological polar surface area (TPSA) is 52.5 Å². The van der Waals surface area contributed by atoms with Crippen LogP contribution in [0.5, 0.6) is 5.75 Å². The molecule has 1 aliphatic rings. The summed E-state index contributed by atoms with van der Waals surface area (Å²) >= 11 is 0. The molecule has 0 amide bonds. The van der Waals surface area contributed by atoms with Gasteiger partial charge in [0.15, 0.2) is 0 Å². The maximum absolute atomic E-state index is 10.3. The van der Waals surface area contributed by atoms with Crippen molar-refractivity contribution in [1.29, 1.82) is 0 Å². The lowest BCUT2D eigenvalue weighted by Gasteiger charge is -2.36. The first-order chi connectivity index (χ1) is 9.14. The van der Waals surface area contributed by atoms with Gasteiger partial charge in [0.05, 0.1) is 0 Å². The van der Waals surface area contributed by atoms with Crippen molar-refractivity contribution in [3.05, 3.63) is 29.8 Å². The van der Waals surface area contributed by atoms with Crippen molar-refractivity contribution in [3.8, 4) is 18.1 Å². The Morgan fingerprint density at radius 1 is 1.32 bits per heavy atom. The minimum atomic E-state index is -0.993. The van der Waals surface area contributed by atoms with E-state index in [9.17, 15) is 10.2 Å². The second kappa shape index (κ2) is 6.10. The van der Waals surface area contributed by atoms with Gasteiger partial charge in [-0.25, -0.2) is 0 Å². The molecule has 3 N–H and O–H groups in total. The van der Waals surface area contributed by atoms with Gasteiger partial charge in [-0.15, -0.1) is 6.42 Å². The van der Waals surface area contributed by atoms with E-state index in [1.165, 1.54) is 0 Å². The molecule has 2 atom stereocenters. The minimum absolute atomic E-state index is 0.0108. The molecule has 0 aliphatic heterocycles. The number of rotatable bonds is 4. The van der Waals surface area contributed by atoms with Gasteiger partial charge in [-0.3, -0.25) is 0 Å². The van der Waals surface area contributed by atoms with Crippen LogP contribution in [-0.4, -0.2) is 28.4 Å². The smallest absolute Gasteiger partial charge is 0.140 e. The molecule has 3 nitrogen and oxygen atoms in total. The van der Waals surface area contributed by atoms with E-state index in [1.54, 1.807) is 12.1 Å². The molecule has 1 aliphatic carbocycles. The summed E-state index contributed by atoms with van der Waals surface area (Å²) in [6, 6.07) is 7.18. The molecule has 0 saturated heterocycles. The van der Waals surface area contributed by atoms with Crippen LogP contribution in [-0.2, 0) is 6.42 Å². The standard InChI is InChI=1S/C16H21NO2/c1-2-16(19)11-4-3-5-15(16)17-12-10-13-6-8-14(18)9-7-13/h1,6-9,15,17-19H,3-5,10-12H2/t15-,16-/m1/s1. The van der Waals surface area contributed by atoms with Gasteiger partial charge >= 0.3 is 0 Å². The van der Waals surface area contributed by atoms with Crippen molar-refractivity contribution in [3.63, 3.8) is 0 Å². The van der Waals surface area contributed by atoms with Gasteiger partial charge in [0, 0.05) is 6.04 Å². The number of hydrogen-bond donors (Lipinski definition) is 3. The van der Waals surface area contributed by atoms with Crippen molar-refractivity contribution in [2.24, 2.45) is 0 Å². The van der Waals surface area contributed by atoms with Gasteiger partial charge in [-0.1, -0.05) is 24.5 Å². The summed E-state index contributed by atoms with van der Waals surface area (Å²) in [5, 5.41) is 22.9. The van der Waals surface area contributed by atoms with Crippen LogP contribution in [0, 0.1) is 12.3 Å². The number of hydrogen-bond acceptors (Lipinski definition) is 3. The quantitative estimate of drug-likeness (QED) is 0.723. The van der Waals surface area contributed by atoms with Crippen molar-refractivity contribution in [2.75, 3.05) is 6.54 Å². The number of phenolic OH excluding ortho intramolecular Hbond substituents is 1. The van der Waals surface area contributed by atoms with E-state index in [0.29, 0.717) is 6.42 Å². The van der Waals surface area contributed by atoms with Crippen LogP contribution in [0.15, 0.2) is 24.3 Å². The first-order valence-electron chi connectivity index (χ1n) is 6.85. The molecular formula is C16H21NO2. The van der Waals surface area contributed by atoms with Gasteiger partial charge in [0.2, 0.25) is 0 Å². The first-order valence-corrected chi connectivity index (χ1v) is 6.85. The van der Waals surface area contributed by atoms with Crippen LogP contribution in [0.2, 0.25) is 0 Å². The number of aromatic hydroxyl groups is 1. The predicted octanol–water partition coefficient (Wildman–Crippen LogP) is 1.83. The highest BCUT2D eigenvalue weighted by molar-refractivity contribution is 5.26. The van der Waals surface area contributed by atoms with E-state index in [1.807, 2.05) is 12.1 Å². The molecule has 0 heterocycles. The average Bonchev–Trinajstić information content (AvgIpc) is 2.43. The second-order valence-corrected chi connectivity index (χ2v) is 5.24. The Bertz CT molecular complexity index is 449. The molecule has 1 aromatic rings. The highest BCUT2D eigenvalue weighted by atomic mass is 16.3. The van der Waals surface area contributed by atoms with Crippen LogP contribution in [0.25, 0.3) is 0 Å². The lowest BCUT2D eigenvalue weighted by atomic mass is 9.81. The summed E-state index contributed by atoms with van der Waals surface area (Å²) in [6.07, 6.45) is 10.0. The Morgan fingerprint density at radius 3 is 2.74 bits per heavy atom. The summed E-state index contributed by atoms with van der Waals surface area (Å²) in [4.78, 5) is 0. The lowest BCUT2D eigenvalue weighted by Crippen LogP contribution is -2.52. The van der Waals surface area contributed by atoms with Gasteiger partial charge in [0.1, 0.15) is 11.4 Å². The van der Waals surface area contributed by atoms with E-state index in [2.05, 4.69) is 11.2 Å². The Labute approximate surface area is 114 Å². The number of benzene rings is 1. The SMILES string of the molecule is C#C[C@@]1(O)CCCC[C@H]1NCCc1ccc(O)cc1. The Balaban J connectivity index is 1.85. The predicted molar refractivity (Wildman–Crippen MR) is 75.9 cm³/mol. The molecule has 0 aromatic heterocycles. The van der Waals surface area contributed by atoms with Crippen molar-refractivity contribution < 1.29 is 10.2 Å². The molecule has 0 bridgehead atoms. The van der Waals surface area contributed by atoms with Gasteiger partial charge in [-0.05, 0) is 49.9 Å². The third-order valence-corrected chi connectivity index (χ3v) is 3.87. The molecule has 0 radical (unpaired) electrons. The van der Waals surface area contributed by atoms with E-state index in [0.717, 1.165) is 37.8 Å². The van der Waals surface area contributed by atoms with E-state index in [4.69, 9.17) is 6.42 Å². The van der Waals surface area contributed by atoms with Gasteiger partial charge < -0.3 is 15.5 Å².